The molecule has 90 valence electrons. The lowest BCUT2D eigenvalue weighted by Gasteiger charge is -2.19. The quantitative estimate of drug-likeness (QED) is 0.609. The fraction of sp³-hybridized carbons (Fsp3) is 0.455. The maximum atomic E-state index is 9.87. The fourth-order valence-electron chi connectivity index (χ4n) is 1.42. The van der Waals surface area contributed by atoms with Gasteiger partial charge in [-0.15, -0.1) is 0 Å². The number of halogens is 1. The first-order valence-corrected chi connectivity index (χ1v) is 5.97. The molecule has 3 nitrogen and oxygen atoms in total. The summed E-state index contributed by atoms with van der Waals surface area (Å²) in [5.41, 5.74) is 1.08. The van der Waals surface area contributed by atoms with Gasteiger partial charge < -0.3 is 15.3 Å². The third-order valence-corrected chi connectivity index (χ3v) is 2.95. The normalized spacial score (nSPS) is 14.8. The third kappa shape index (κ3) is 3.37. The van der Waals surface area contributed by atoms with E-state index in [0.717, 1.165) is 0 Å². The highest BCUT2D eigenvalue weighted by atomic mass is 35.5. The molecule has 2 unspecified atom stereocenters. The van der Waals surface area contributed by atoms with Crippen molar-refractivity contribution in [2.45, 2.75) is 25.2 Å². The molecule has 0 aliphatic heterocycles. The lowest BCUT2D eigenvalue weighted by atomic mass is 10.0. The summed E-state index contributed by atoms with van der Waals surface area (Å²) in [6.45, 7) is -0.125. The molecule has 0 saturated carbocycles. The molecule has 0 saturated heterocycles. The van der Waals surface area contributed by atoms with E-state index < -0.39 is 12.2 Å². The topological polar surface area (TPSA) is 60.7 Å². The van der Waals surface area contributed by atoms with E-state index in [1.807, 2.05) is 0 Å². The minimum absolute atomic E-state index is 0.125. The first kappa shape index (κ1) is 13.8. The van der Waals surface area contributed by atoms with Crippen LogP contribution in [0.3, 0.4) is 0 Å². The molecular formula is C11H15ClO3S. The Morgan fingerprint density at radius 1 is 1.31 bits per heavy atom. The van der Waals surface area contributed by atoms with E-state index >= 15 is 0 Å². The van der Waals surface area contributed by atoms with Crippen molar-refractivity contribution in [1.29, 1.82) is 0 Å². The van der Waals surface area contributed by atoms with Gasteiger partial charge in [-0.3, -0.25) is 0 Å². The van der Waals surface area contributed by atoms with Gasteiger partial charge in [0.15, 0.2) is 0 Å². The van der Waals surface area contributed by atoms with Crippen molar-refractivity contribution >= 4 is 24.2 Å². The van der Waals surface area contributed by atoms with Crippen molar-refractivity contribution in [1.82, 2.24) is 0 Å². The zero-order chi connectivity index (χ0) is 12.1. The number of thiol groups is 1. The number of aliphatic hydroxyl groups is 3. The van der Waals surface area contributed by atoms with Crippen LogP contribution in [0.25, 0.3) is 0 Å². The Bertz CT molecular complexity index is 346. The first-order valence-electron chi connectivity index (χ1n) is 4.96. The summed E-state index contributed by atoms with van der Waals surface area (Å²) in [5, 5.41) is 28.9. The van der Waals surface area contributed by atoms with Crippen LogP contribution >= 0.6 is 24.2 Å². The summed E-state index contributed by atoms with van der Waals surface area (Å²) in [6.07, 6.45) is -1.57. The Hall–Kier alpha value is -0.260. The van der Waals surface area contributed by atoms with Crippen LogP contribution in [-0.4, -0.2) is 27.2 Å². The molecule has 0 bridgehead atoms. The summed E-state index contributed by atoms with van der Waals surface area (Å²) in [7, 11) is 0. The molecule has 1 rings (SSSR count). The van der Waals surface area contributed by atoms with E-state index in [9.17, 15) is 10.2 Å². The summed E-state index contributed by atoms with van der Waals surface area (Å²) in [5.74, 6) is 0.482. The average molecular weight is 263 g/mol. The van der Waals surface area contributed by atoms with Gasteiger partial charge in [0.05, 0.1) is 12.7 Å². The van der Waals surface area contributed by atoms with Crippen molar-refractivity contribution in [3.63, 3.8) is 0 Å². The van der Waals surface area contributed by atoms with Gasteiger partial charge >= 0.3 is 0 Å². The van der Waals surface area contributed by atoms with Gasteiger partial charge in [0, 0.05) is 10.6 Å². The van der Waals surface area contributed by atoms with E-state index in [1.165, 1.54) is 0 Å². The minimum atomic E-state index is -1.05. The Balaban J connectivity index is 2.92. The van der Waals surface area contributed by atoms with Crippen LogP contribution < -0.4 is 0 Å². The number of benzene rings is 1. The highest BCUT2D eigenvalue weighted by molar-refractivity contribution is 7.80. The highest BCUT2D eigenvalue weighted by Crippen LogP contribution is 2.27. The molecular weight excluding hydrogens is 248 g/mol. The predicted octanol–water partition coefficient (Wildman–Crippen LogP) is 1.55. The Kier molecular flexibility index (Phi) is 5.58. The van der Waals surface area contributed by atoms with Crippen LogP contribution in [0, 0.1) is 0 Å². The van der Waals surface area contributed by atoms with E-state index in [4.69, 9.17) is 16.7 Å². The van der Waals surface area contributed by atoms with Crippen molar-refractivity contribution in [2.24, 2.45) is 0 Å². The van der Waals surface area contributed by atoms with Gasteiger partial charge in [-0.25, -0.2) is 0 Å². The molecule has 3 N–H and O–H groups in total. The first-order chi connectivity index (χ1) is 7.60. The van der Waals surface area contributed by atoms with Gasteiger partial charge in [-0.2, -0.15) is 12.6 Å². The Labute approximate surface area is 105 Å². The second kappa shape index (κ2) is 6.47. The molecule has 0 fully saturated rings. The molecule has 0 amide bonds. The van der Waals surface area contributed by atoms with E-state index in [1.54, 1.807) is 18.2 Å². The molecule has 16 heavy (non-hydrogen) atoms. The zero-order valence-corrected chi connectivity index (χ0v) is 10.3. The summed E-state index contributed by atoms with van der Waals surface area (Å²) >= 11 is 9.91. The van der Waals surface area contributed by atoms with Gasteiger partial charge in [0.2, 0.25) is 0 Å². The molecule has 0 aromatic heterocycles. The molecule has 1 aromatic rings. The molecule has 1 aromatic carbocycles. The molecule has 0 aliphatic rings. The van der Waals surface area contributed by atoms with Crippen LogP contribution in [-0.2, 0) is 6.61 Å². The molecule has 0 aliphatic carbocycles. The summed E-state index contributed by atoms with van der Waals surface area (Å²) in [6, 6.07) is 4.86. The molecule has 0 radical (unpaired) electrons. The van der Waals surface area contributed by atoms with Crippen molar-refractivity contribution in [2.75, 3.05) is 5.75 Å². The lowest BCUT2D eigenvalue weighted by molar-refractivity contribution is 0.0172. The Morgan fingerprint density at radius 2 is 2.00 bits per heavy atom. The maximum absolute atomic E-state index is 9.87. The SMILES string of the molecule is OCc1ccc(Cl)c(C(O)C(O)CCS)c1. The third-order valence-electron chi connectivity index (χ3n) is 2.35. The van der Waals surface area contributed by atoms with Crippen molar-refractivity contribution in [3.8, 4) is 0 Å². The standard InChI is InChI=1S/C11H15ClO3S/c12-9-2-1-7(6-13)5-8(9)11(15)10(14)3-4-16/h1-2,5,10-11,13-16H,3-4,6H2. The fourth-order valence-corrected chi connectivity index (χ4v) is 1.91. The predicted molar refractivity (Wildman–Crippen MR) is 66.8 cm³/mol. The largest absolute Gasteiger partial charge is 0.392 e. The van der Waals surface area contributed by atoms with Crippen LogP contribution in [0.4, 0.5) is 0 Å². The number of hydrogen-bond donors (Lipinski definition) is 4. The monoisotopic (exact) mass is 262 g/mol. The summed E-state index contributed by atoms with van der Waals surface area (Å²) < 4.78 is 0. The Morgan fingerprint density at radius 3 is 2.56 bits per heavy atom. The van der Waals surface area contributed by atoms with Crippen LogP contribution in [0.2, 0.25) is 5.02 Å². The molecule has 5 heteroatoms. The van der Waals surface area contributed by atoms with Gasteiger partial charge in [-0.1, -0.05) is 17.7 Å². The molecule has 2 atom stereocenters. The minimum Gasteiger partial charge on any atom is -0.392 e. The van der Waals surface area contributed by atoms with Gasteiger partial charge in [-0.05, 0) is 29.9 Å². The van der Waals surface area contributed by atoms with Crippen molar-refractivity contribution < 1.29 is 15.3 Å². The lowest BCUT2D eigenvalue weighted by Crippen LogP contribution is -2.19. The van der Waals surface area contributed by atoms with Gasteiger partial charge in [0.25, 0.3) is 0 Å². The van der Waals surface area contributed by atoms with E-state index in [0.29, 0.717) is 28.3 Å². The maximum Gasteiger partial charge on any atom is 0.106 e. The zero-order valence-electron chi connectivity index (χ0n) is 8.67. The van der Waals surface area contributed by atoms with Crippen LogP contribution in [0.5, 0.6) is 0 Å². The second-order valence-corrected chi connectivity index (χ2v) is 4.39. The second-order valence-electron chi connectivity index (χ2n) is 3.54. The number of aliphatic hydroxyl groups excluding tert-OH is 3. The van der Waals surface area contributed by atoms with E-state index in [2.05, 4.69) is 12.6 Å². The van der Waals surface area contributed by atoms with E-state index in [-0.39, 0.29) is 6.61 Å². The molecule has 0 heterocycles. The number of rotatable bonds is 5. The van der Waals surface area contributed by atoms with Gasteiger partial charge in [0.1, 0.15) is 6.10 Å². The highest BCUT2D eigenvalue weighted by Gasteiger charge is 2.20. The number of hydrogen-bond acceptors (Lipinski definition) is 4. The van der Waals surface area contributed by atoms with Crippen LogP contribution in [0.15, 0.2) is 18.2 Å². The smallest absolute Gasteiger partial charge is 0.106 e. The summed E-state index contributed by atoms with van der Waals surface area (Å²) in [4.78, 5) is 0. The molecule has 0 spiro atoms. The average Bonchev–Trinajstić information content (AvgIpc) is 2.29. The van der Waals surface area contributed by atoms with Crippen LogP contribution in [0.1, 0.15) is 23.7 Å². The van der Waals surface area contributed by atoms with Crippen molar-refractivity contribution in [3.05, 3.63) is 34.3 Å².